The molecule has 1 amide bonds. The minimum absolute atomic E-state index is 0.174. The van der Waals surface area contributed by atoms with Crippen molar-refractivity contribution in [2.45, 2.75) is 64.3 Å². The number of amides is 1. The number of phenols is 3. The standard InChI is InChI=1S/C20H21N3O.C19H23N3O2.C19H20N2O2/c1-15(21)10-20-19(12-16-6-3-2-4-7-16)22-14-23(20)13-17-8-5-9-18(24)11-17;20-19(24)10-9-17-14-21(15-5-2-1-3-6-15)11-12-22(17)16-7-4-8-18(23)13-16;1-14(22)10-18-19(16-7-3-2-4-8-16)20-13-21(18)12-15-6-5-9-17(23)11-15/h2-9,11,14,24H,1,10,12-13,21H2;1-8,13,17,23H,9-12,14H2,(H2,20,24);2-9,11,13-14,22-23H,10,12H2,1H3/t;17-;/m.0./s1. The first-order valence-corrected chi connectivity index (χ1v) is 23.9. The highest BCUT2D eigenvalue weighted by molar-refractivity contribution is 5.74. The smallest absolute Gasteiger partial charge is 0.217 e. The highest BCUT2D eigenvalue weighted by Gasteiger charge is 2.28. The number of phenolic OH excluding ortho intramolecular Hbond substituents is 3. The van der Waals surface area contributed by atoms with Crippen molar-refractivity contribution in [1.82, 2.24) is 19.1 Å². The van der Waals surface area contributed by atoms with Crippen molar-refractivity contribution in [2.75, 3.05) is 29.4 Å². The van der Waals surface area contributed by atoms with Gasteiger partial charge in [0.15, 0.2) is 0 Å². The number of para-hydroxylation sites is 1. The summed E-state index contributed by atoms with van der Waals surface area (Å²) in [7, 11) is 0. The van der Waals surface area contributed by atoms with Crippen LogP contribution in [0.15, 0.2) is 189 Å². The largest absolute Gasteiger partial charge is 0.508 e. The molecule has 0 saturated carbocycles. The zero-order valence-corrected chi connectivity index (χ0v) is 40.2. The Hall–Kier alpha value is -8.29. The Morgan fingerprint density at radius 1 is 0.662 bits per heavy atom. The Bertz CT molecular complexity index is 2940. The summed E-state index contributed by atoms with van der Waals surface area (Å²) < 4.78 is 4.11. The summed E-state index contributed by atoms with van der Waals surface area (Å²) >= 11 is 0. The molecular weight excluding hydrogens is 889 g/mol. The fourth-order valence-electron chi connectivity index (χ4n) is 8.82. The molecule has 1 aliphatic rings. The van der Waals surface area contributed by atoms with E-state index in [1.807, 2.05) is 114 Å². The Labute approximate surface area is 416 Å². The number of primary amides is 1. The molecule has 13 nitrogen and oxygen atoms in total. The van der Waals surface area contributed by atoms with E-state index in [1.165, 1.54) is 11.3 Å². The van der Waals surface area contributed by atoms with E-state index in [2.05, 4.69) is 55.2 Å². The van der Waals surface area contributed by atoms with Crippen LogP contribution in [-0.2, 0) is 37.1 Å². The van der Waals surface area contributed by atoms with Crippen LogP contribution in [0.1, 0.15) is 53.5 Å². The first-order chi connectivity index (χ1) is 34.4. The van der Waals surface area contributed by atoms with Gasteiger partial charge in [-0.25, -0.2) is 9.97 Å². The van der Waals surface area contributed by atoms with E-state index in [4.69, 9.17) is 11.5 Å². The fraction of sp³-hybridized carbons (Fsp3) is 0.224. The number of aliphatic hydroxyl groups excluding tert-OH is 1. The molecule has 8 aromatic rings. The molecule has 1 saturated heterocycles. The lowest BCUT2D eigenvalue weighted by Crippen LogP contribution is -2.53. The molecule has 9 rings (SSSR count). The number of imidazole rings is 2. The van der Waals surface area contributed by atoms with E-state index in [0.29, 0.717) is 44.5 Å². The number of piperazine rings is 1. The number of hydrogen-bond acceptors (Lipinski definition) is 10. The number of carbonyl (C=O) groups excluding carboxylic acids is 1. The highest BCUT2D eigenvalue weighted by Crippen LogP contribution is 2.29. The molecule has 0 spiro atoms. The lowest BCUT2D eigenvalue weighted by Gasteiger charge is -2.44. The van der Waals surface area contributed by atoms with Gasteiger partial charge in [-0.2, -0.15) is 0 Å². The quantitative estimate of drug-likeness (QED) is 0.0546. The number of anilines is 2. The molecule has 2 aromatic heterocycles. The number of nitrogens with zero attached hydrogens (tertiary/aromatic N) is 6. The summed E-state index contributed by atoms with van der Waals surface area (Å²) in [5.74, 6) is 0.499. The Morgan fingerprint density at radius 3 is 1.77 bits per heavy atom. The predicted molar refractivity (Wildman–Crippen MR) is 282 cm³/mol. The predicted octanol–water partition coefficient (Wildman–Crippen LogP) is 8.82. The molecule has 0 radical (unpaired) electrons. The van der Waals surface area contributed by atoms with E-state index in [9.17, 15) is 25.2 Å². The number of hydrogen-bond donors (Lipinski definition) is 6. The first kappa shape index (κ1) is 50.6. The summed E-state index contributed by atoms with van der Waals surface area (Å²) in [6.45, 7) is 9.42. The third-order valence-corrected chi connectivity index (χ3v) is 12.1. The number of carbonyl (C=O) groups is 1. The third kappa shape index (κ3) is 14.9. The van der Waals surface area contributed by atoms with Crippen molar-refractivity contribution < 1.29 is 25.2 Å². The van der Waals surface area contributed by atoms with Gasteiger partial charge in [-0.05, 0) is 78.6 Å². The van der Waals surface area contributed by atoms with Crippen LogP contribution < -0.4 is 21.3 Å². The average molecular weight is 953 g/mol. The zero-order valence-electron chi connectivity index (χ0n) is 40.2. The Balaban J connectivity index is 0.000000157. The van der Waals surface area contributed by atoms with Gasteiger partial charge in [0.05, 0.1) is 30.1 Å². The van der Waals surface area contributed by atoms with Gasteiger partial charge in [-0.15, -0.1) is 0 Å². The van der Waals surface area contributed by atoms with Crippen molar-refractivity contribution in [1.29, 1.82) is 0 Å². The molecular formula is C58H64N8O5. The van der Waals surface area contributed by atoms with Crippen molar-refractivity contribution in [3.05, 3.63) is 222 Å². The van der Waals surface area contributed by atoms with Crippen LogP contribution in [0.4, 0.5) is 11.4 Å². The molecule has 1 unspecified atom stereocenters. The van der Waals surface area contributed by atoms with Gasteiger partial charge in [-0.1, -0.05) is 116 Å². The van der Waals surface area contributed by atoms with E-state index >= 15 is 0 Å². The summed E-state index contributed by atoms with van der Waals surface area (Å²) in [6.07, 6.45) is 6.12. The minimum atomic E-state index is -0.447. The first-order valence-electron chi connectivity index (χ1n) is 23.9. The molecule has 2 atom stereocenters. The third-order valence-electron chi connectivity index (χ3n) is 12.1. The number of allylic oxidation sites excluding steroid dienone is 1. The van der Waals surface area contributed by atoms with Gasteiger partial charge >= 0.3 is 0 Å². The molecule has 0 aliphatic carbocycles. The molecule has 1 aliphatic heterocycles. The van der Waals surface area contributed by atoms with Gasteiger partial charge in [0.25, 0.3) is 0 Å². The van der Waals surface area contributed by atoms with Crippen LogP contribution in [0.2, 0.25) is 0 Å². The average Bonchev–Trinajstić information content (AvgIpc) is 3.92. The van der Waals surface area contributed by atoms with Crippen LogP contribution in [0.5, 0.6) is 17.2 Å². The number of rotatable bonds is 16. The highest BCUT2D eigenvalue weighted by atomic mass is 16.3. The number of nitrogens with two attached hydrogens (primary N) is 2. The fourth-order valence-corrected chi connectivity index (χ4v) is 8.82. The lowest BCUT2D eigenvalue weighted by atomic mass is 10.0. The number of aromatic hydroxyl groups is 3. The number of aromatic nitrogens is 4. The van der Waals surface area contributed by atoms with Gasteiger partial charge in [0.2, 0.25) is 5.91 Å². The second kappa shape index (κ2) is 24.8. The van der Waals surface area contributed by atoms with Crippen LogP contribution in [0, 0.1) is 0 Å². The van der Waals surface area contributed by atoms with Gasteiger partial charge in [-0.3, -0.25) is 4.79 Å². The second-order valence-electron chi connectivity index (χ2n) is 17.8. The van der Waals surface area contributed by atoms with Gasteiger partial charge in [0.1, 0.15) is 17.2 Å². The maximum atomic E-state index is 11.2. The maximum absolute atomic E-state index is 11.2. The molecule has 8 N–H and O–H groups in total. The monoisotopic (exact) mass is 952 g/mol. The summed E-state index contributed by atoms with van der Waals surface area (Å²) in [5, 5.41) is 38.9. The topological polar surface area (TPSA) is 192 Å². The summed E-state index contributed by atoms with van der Waals surface area (Å²) in [5.41, 5.74) is 22.2. The van der Waals surface area contributed by atoms with Crippen LogP contribution in [0.25, 0.3) is 11.3 Å². The van der Waals surface area contributed by atoms with Crippen molar-refractivity contribution in [3.63, 3.8) is 0 Å². The summed E-state index contributed by atoms with van der Waals surface area (Å²) in [4.78, 5) is 25.0. The molecule has 71 heavy (non-hydrogen) atoms. The number of aliphatic hydroxyl groups is 1. The minimum Gasteiger partial charge on any atom is -0.508 e. The van der Waals surface area contributed by atoms with E-state index in [0.717, 1.165) is 71.2 Å². The molecule has 3 heterocycles. The normalized spacial score (nSPS) is 13.6. The van der Waals surface area contributed by atoms with Crippen LogP contribution >= 0.6 is 0 Å². The van der Waals surface area contributed by atoms with Gasteiger partial charge in [0, 0.05) is 105 Å². The molecule has 13 heteroatoms. The van der Waals surface area contributed by atoms with Crippen LogP contribution in [0.3, 0.4) is 0 Å². The van der Waals surface area contributed by atoms with E-state index < -0.39 is 6.10 Å². The van der Waals surface area contributed by atoms with Crippen molar-refractivity contribution in [2.24, 2.45) is 11.5 Å². The van der Waals surface area contributed by atoms with E-state index in [-0.39, 0.29) is 29.2 Å². The van der Waals surface area contributed by atoms with Crippen LogP contribution in [-0.4, -0.2) is 77.2 Å². The second-order valence-corrected chi connectivity index (χ2v) is 17.8. The Kier molecular flexibility index (Phi) is 17.7. The molecule has 366 valence electrons. The number of benzene rings is 6. The van der Waals surface area contributed by atoms with Gasteiger partial charge < -0.3 is 50.8 Å². The molecule has 1 fully saturated rings. The molecule has 6 aromatic carbocycles. The van der Waals surface area contributed by atoms with E-state index in [1.54, 1.807) is 49.6 Å². The SMILES string of the molecule is C=C(N)Cc1c(Cc2ccccc2)ncn1Cc1cccc(O)c1.CC(O)Cc1c(-c2ccccc2)ncn1Cc1cccc(O)c1.NC(=O)CC[C@H]1CN(c2ccccc2)CCN1c1cccc(O)c1. The maximum Gasteiger partial charge on any atom is 0.217 e. The lowest BCUT2D eigenvalue weighted by molar-refractivity contribution is -0.118. The van der Waals surface area contributed by atoms with Crippen molar-refractivity contribution >= 4 is 17.3 Å². The zero-order chi connectivity index (χ0) is 50.1. The Morgan fingerprint density at radius 2 is 1.20 bits per heavy atom. The van der Waals surface area contributed by atoms with Crippen molar-refractivity contribution in [3.8, 4) is 28.5 Å². The summed E-state index contributed by atoms with van der Waals surface area (Å²) in [6, 6.07) is 52.4. The molecule has 0 bridgehead atoms.